The van der Waals surface area contributed by atoms with Crippen LogP contribution in [0.5, 0.6) is 5.75 Å². The molecule has 0 amide bonds. The Bertz CT molecular complexity index is 1010. The Morgan fingerprint density at radius 2 is 1.09 bits per heavy atom. The quantitative estimate of drug-likeness (QED) is 0.292. The number of alkyl halides is 2. The molecular formula is C29H30F2O. The molecular weight excluding hydrogens is 402 g/mol. The van der Waals surface area contributed by atoms with Gasteiger partial charge in [-0.2, -0.15) is 8.78 Å². The molecule has 3 aromatic carbocycles. The Labute approximate surface area is 190 Å². The van der Waals surface area contributed by atoms with E-state index < -0.39 is 6.11 Å². The summed E-state index contributed by atoms with van der Waals surface area (Å²) in [6.45, 7) is 3.99. The van der Waals surface area contributed by atoms with Gasteiger partial charge in [-0.3, -0.25) is 0 Å². The van der Waals surface area contributed by atoms with Gasteiger partial charge in [0.1, 0.15) is 5.75 Å². The molecule has 0 atom stereocenters. The number of allylic oxidation sites excluding steroid dienone is 4. The Morgan fingerprint density at radius 1 is 0.656 bits per heavy atom. The van der Waals surface area contributed by atoms with Crippen LogP contribution in [-0.4, -0.2) is 0 Å². The summed E-state index contributed by atoms with van der Waals surface area (Å²) in [6.07, 6.45) is 8.63. The molecule has 0 aliphatic carbocycles. The number of aryl methyl sites for hydroxylation is 2. The maximum Gasteiger partial charge on any atom is 0.426 e. The van der Waals surface area contributed by atoms with Crippen LogP contribution in [-0.2, 0) is 19.0 Å². The summed E-state index contributed by atoms with van der Waals surface area (Å²) < 4.78 is 34.3. The molecule has 0 aliphatic rings. The van der Waals surface area contributed by atoms with Gasteiger partial charge < -0.3 is 4.74 Å². The fourth-order valence-electron chi connectivity index (χ4n) is 3.49. The van der Waals surface area contributed by atoms with Crippen LogP contribution in [0.4, 0.5) is 8.78 Å². The van der Waals surface area contributed by atoms with E-state index >= 15 is 0 Å². The van der Waals surface area contributed by atoms with Crippen LogP contribution in [0.15, 0.2) is 97.1 Å². The maximum atomic E-state index is 14.6. The van der Waals surface area contributed by atoms with Gasteiger partial charge >= 0.3 is 6.11 Å². The predicted molar refractivity (Wildman–Crippen MR) is 129 cm³/mol. The van der Waals surface area contributed by atoms with E-state index in [-0.39, 0.29) is 11.3 Å². The zero-order valence-corrected chi connectivity index (χ0v) is 18.7. The van der Waals surface area contributed by atoms with Crippen LogP contribution >= 0.6 is 0 Å². The zero-order valence-electron chi connectivity index (χ0n) is 18.7. The standard InChI is InChI=1S/C29H30F2O/c1-3-5-7-9-23-11-15-25(16-12-23)26-17-21-28(22-18-26)32-29(30,31)27-19-13-24(14-20-27)10-8-6-4-2/h3-6,11-22H,7-10H2,1-2H3/b5-3+,6-4+. The first-order valence-corrected chi connectivity index (χ1v) is 11.1. The molecule has 0 unspecified atom stereocenters. The van der Waals surface area contributed by atoms with Gasteiger partial charge in [0.2, 0.25) is 0 Å². The molecule has 3 rings (SSSR count). The third-order valence-corrected chi connectivity index (χ3v) is 5.35. The van der Waals surface area contributed by atoms with E-state index in [1.54, 1.807) is 24.3 Å². The van der Waals surface area contributed by atoms with E-state index in [2.05, 4.69) is 42.5 Å². The van der Waals surface area contributed by atoms with E-state index in [9.17, 15) is 8.78 Å². The highest BCUT2D eigenvalue weighted by Gasteiger charge is 2.34. The lowest BCUT2D eigenvalue weighted by molar-refractivity contribution is -0.185. The minimum atomic E-state index is -3.39. The molecule has 0 fully saturated rings. The Kier molecular flexibility index (Phi) is 8.38. The van der Waals surface area contributed by atoms with Crippen LogP contribution in [0.25, 0.3) is 11.1 Å². The second-order valence-electron chi connectivity index (χ2n) is 7.75. The van der Waals surface area contributed by atoms with Gasteiger partial charge in [0.25, 0.3) is 0 Å². The number of halogens is 2. The lowest BCUT2D eigenvalue weighted by atomic mass is 10.0. The third kappa shape index (κ3) is 6.65. The number of rotatable bonds is 10. The fourth-order valence-corrected chi connectivity index (χ4v) is 3.49. The van der Waals surface area contributed by atoms with Gasteiger partial charge in [-0.05, 0) is 86.1 Å². The topological polar surface area (TPSA) is 9.23 Å². The summed E-state index contributed by atoms with van der Waals surface area (Å²) in [4.78, 5) is 0. The minimum Gasteiger partial charge on any atom is -0.429 e. The summed E-state index contributed by atoms with van der Waals surface area (Å²) >= 11 is 0. The molecule has 3 aromatic rings. The van der Waals surface area contributed by atoms with Crippen LogP contribution < -0.4 is 4.74 Å². The van der Waals surface area contributed by atoms with Crippen molar-refractivity contribution in [3.63, 3.8) is 0 Å². The number of ether oxygens (including phenoxy) is 1. The summed E-state index contributed by atoms with van der Waals surface area (Å²) in [7, 11) is 0. The molecule has 0 radical (unpaired) electrons. The van der Waals surface area contributed by atoms with Gasteiger partial charge in [0.15, 0.2) is 0 Å². The largest absolute Gasteiger partial charge is 0.429 e. The lowest BCUT2D eigenvalue weighted by Gasteiger charge is -2.19. The molecule has 3 heteroatoms. The molecule has 32 heavy (non-hydrogen) atoms. The summed E-state index contributed by atoms with van der Waals surface area (Å²) in [5, 5.41) is 0. The van der Waals surface area contributed by atoms with Crippen LogP contribution in [0, 0.1) is 0 Å². The van der Waals surface area contributed by atoms with Crippen molar-refractivity contribution in [2.45, 2.75) is 45.6 Å². The second-order valence-corrected chi connectivity index (χ2v) is 7.75. The average molecular weight is 433 g/mol. The van der Waals surface area contributed by atoms with Crippen molar-refractivity contribution >= 4 is 0 Å². The van der Waals surface area contributed by atoms with Gasteiger partial charge in [-0.25, -0.2) is 0 Å². The van der Waals surface area contributed by atoms with E-state index in [1.165, 1.54) is 17.7 Å². The molecule has 1 nitrogen and oxygen atoms in total. The predicted octanol–water partition coefficient (Wildman–Crippen LogP) is 8.50. The van der Waals surface area contributed by atoms with Gasteiger partial charge in [0, 0.05) is 0 Å². The van der Waals surface area contributed by atoms with Crippen molar-refractivity contribution < 1.29 is 13.5 Å². The van der Waals surface area contributed by atoms with Gasteiger partial charge in [0.05, 0.1) is 5.56 Å². The second kappa shape index (κ2) is 11.4. The van der Waals surface area contributed by atoms with Crippen molar-refractivity contribution in [1.29, 1.82) is 0 Å². The minimum absolute atomic E-state index is 0.138. The average Bonchev–Trinajstić information content (AvgIpc) is 2.81. The molecule has 0 N–H and O–H groups in total. The SMILES string of the molecule is C/C=C/CCc1ccc(-c2ccc(OC(F)(F)c3ccc(CC/C=C/C)cc3)cc2)cc1. The van der Waals surface area contributed by atoms with Crippen molar-refractivity contribution in [2.75, 3.05) is 0 Å². The number of benzene rings is 3. The number of hydrogen-bond donors (Lipinski definition) is 0. The molecule has 0 saturated heterocycles. The maximum absolute atomic E-state index is 14.6. The van der Waals surface area contributed by atoms with Crippen LogP contribution in [0.1, 0.15) is 43.4 Å². The van der Waals surface area contributed by atoms with E-state index in [4.69, 9.17) is 4.74 Å². The molecule has 0 bridgehead atoms. The van der Waals surface area contributed by atoms with Crippen LogP contribution in [0.3, 0.4) is 0 Å². The zero-order chi connectivity index (χ0) is 22.8. The van der Waals surface area contributed by atoms with E-state index in [0.717, 1.165) is 42.4 Å². The first-order valence-electron chi connectivity index (χ1n) is 11.1. The van der Waals surface area contributed by atoms with Crippen LogP contribution in [0.2, 0.25) is 0 Å². The van der Waals surface area contributed by atoms with Crippen molar-refractivity contribution in [3.05, 3.63) is 114 Å². The molecule has 166 valence electrons. The molecule has 0 aromatic heterocycles. The molecule has 0 heterocycles. The monoisotopic (exact) mass is 432 g/mol. The summed E-state index contributed by atoms with van der Waals surface area (Å²) in [5.74, 6) is 0.138. The molecule has 0 spiro atoms. The smallest absolute Gasteiger partial charge is 0.426 e. The summed E-state index contributed by atoms with van der Waals surface area (Å²) in [5.41, 5.74) is 4.17. The third-order valence-electron chi connectivity index (χ3n) is 5.35. The molecule has 0 aliphatic heterocycles. The summed E-state index contributed by atoms with van der Waals surface area (Å²) in [6, 6.07) is 21.5. The van der Waals surface area contributed by atoms with Crippen molar-refractivity contribution in [2.24, 2.45) is 0 Å². The van der Waals surface area contributed by atoms with Gasteiger partial charge in [-0.15, -0.1) is 0 Å². The highest BCUT2D eigenvalue weighted by atomic mass is 19.3. The highest BCUT2D eigenvalue weighted by Crippen LogP contribution is 2.33. The fraction of sp³-hybridized carbons (Fsp3) is 0.241. The first kappa shape index (κ1) is 23.5. The van der Waals surface area contributed by atoms with Crippen molar-refractivity contribution in [3.8, 4) is 16.9 Å². The Balaban J connectivity index is 1.63. The Morgan fingerprint density at radius 3 is 1.56 bits per heavy atom. The highest BCUT2D eigenvalue weighted by molar-refractivity contribution is 5.64. The molecule has 0 saturated carbocycles. The first-order chi connectivity index (χ1) is 15.5. The lowest BCUT2D eigenvalue weighted by Crippen LogP contribution is -2.21. The van der Waals surface area contributed by atoms with Gasteiger partial charge in [-0.1, -0.05) is 72.8 Å². The normalized spacial score (nSPS) is 12.0. The van der Waals surface area contributed by atoms with E-state index in [1.807, 2.05) is 32.1 Å². The Hall–Kier alpha value is -3.20. The number of hydrogen-bond acceptors (Lipinski definition) is 1. The van der Waals surface area contributed by atoms with E-state index in [0.29, 0.717) is 0 Å². The van der Waals surface area contributed by atoms with Crippen molar-refractivity contribution in [1.82, 2.24) is 0 Å².